The molecule has 2 atom stereocenters. The summed E-state index contributed by atoms with van der Waals surface area (Å²) < 4.78 is 0. The third kappa shape index (κ3) is 2.75. The van der Waals surface area contributed by atoms with Crippen LogP contribution in [0.5, 0.6) is 0 Å². The van der Waals surface area contributed by atoms with Gasteiger partial charge in [0.05, 0.1) is 4.83 Å². The first-order valence-corrected chi connectivity index (χ1v) is 8.09. The number of nitrogens with one attached hydrogen (secondary N) is 1. The van der Waals surface area contributed by atoms with Crippen LogP contribution in [0.1, 0.15) is 34.6 Å². The molecule has 0 radical (unpaired) electrons. The standard InChI is InChI=1S/C18H18BrNO/c1-11-7-8-14-15(13-6-4-3-5-12(13)2)10-16(19)18(21)20-17(14)9-11/h3-9,15-16H,10H2,1-2H3,(H,20,21). The van der Waals surface area contributed by atoms with Gasteiger partial charge in [-0.3, -0.25) is 4.79 Å². The van der Waals surface area contributed by atoms with Gasteiger partial charge in [-0.15, -0.1) is 0 Å². The molecule has 0 spiro atoms. The van der Waals surface area contributed by atoms with E-state index in [-0.39, 0.29) is 16.7 Å². The lowest BCUT2D eigenvalue weighted by atomic mass is 9.85. The van der Waals surface area contributed by atoms with Gasteiger partial charge >= 0.3 is 0 Å². The monoisotopic (exact) mass is 343 g/mol. The van der Waals surface area contributed by atoms with Crippen LogP contribution in [-0.2, 0) is 4.79 Å². The summed E-state index contributed by atoms with van der Waals surface area (Å²) in [6, 6.07) is 14.7. The van der Waals surface area contributed by atoms with Gasteiger partial charge in [0.25, 0.3) is 0 Å². The van der Waals surface area contributed by atoms with Gasteiger partial charge in [-0.25, -0.2) is 0 Å². The van der Waals surface area contributed by atoms with Crippen molar-refractivity contribution < 1.29 is 4.79 Å². The molecule has 0 aliphatic carbocycles. The number of aryl methyl sites for hydroxylation is 2. The Morgan fingerprint density at radius 2 is 1.86 bits per heavy atom. The van der Waals surface area contributed by atoms with Crippen LogP contribution in [0.4, 0.5) is 5.69 Å². The molecule has 21 heavy (non-hydrogen) atoms. The number of carbonyl (C=O) groups is 1. The summed E-state index contributed by atoms with van der Waals surface area (Å²) in [4.78, 5) is 12.0. The zero-order chi connectivity index (χ0) is 15.0. The van der Waals surface area contributed by atoms with Crippen LogP contribution >= 0.6 is 15.9 Å². The van der Waals surface area contributed by atoms with E-state index < -0.39 is 0 Å². The van der Waals surface area contributed by atoms with E-state index in [4.69, 9.17) is 0 Å². The van der Waals surface area contributed by atoms with Crippen LogP contribution in [-0.4, -0.2) is 10.7 Å². The maximum atomic E-state index is 12.2. The summed E-state index contributed by atoms with van der Waals surface area (Å²) in [6.45, 7) is 4.18. The van der Waals surface area contributed by atoms with E-state index in [0.29, 0.717) is 0 Å². The Bertz CT molecular complexity index is 695. The molecule has 2 unspecified atom stereocenters. The molecule has 108 valence electrons. The number of hydrogen-bond acceptors (Lipinski definition) is 1. The van der Waals surface area contributed by atoms with Gasteiger partial charge in [0, 0.05) is 11.6 Å². The quantitative estimate of drug-likeness (QED) is 0.756. The van der Waals surface area contributed by atoms with Crippen molar-refractivity contribution in [2.45, 2.75) is 31.0 Å². The van der Waals surface area contributed by atoms with E-state index >= 15 is 0 Å². The zero-order valence-electron chi connectivity index (χ0n) is 12.2. The first-order valence-electron chi connectivity index (χ1n) is 7.17. The predicted octanol–water partition coefficient (Wildman–Crippen LogP) is 4.54. The van der Waals surface area contributed by atoms with Gasteiger partial charge in [0.1, 0.15) is 0 Å². The van der Waals surface area contributed by atoms with Gasteiger partial charge in [-0.2, -0.15) is 0 Å². The third-order valence-electron chi connectivity index (χ3n) is 4.13. The minimum atomic E-state index is -0.171. The number of amides is 1. The van der Waals surface area contributed by atoms with Crippen molar-refractivity contribution >= 4 is 27.5 Å². The Morgan fingerprint density at radius 1 is 1.10 bits per heavy atom. The molecule has 1 aliphatic heterocycles. The fourth-order valence-electron chi connectivity index (χ4n) is 3.01. The highest BCUT2D eigenvalue weighted by Crippen LogP contribution is 2.39. The number of carbonyl (C=O) groups excluding carboxylic acids is 1. The SMILES string of the molecule is Cc1ccc2c(c1)NC(=O)C(Br)CC2c1ccccc1C. The summed E-state index contributed by atoms with van der Waals surface area (Å²) in [6.07, 6.45) is 0.771. The first kappa shape index (κ1) is 14.3. The summed E-state index contributed by atoms with van der Waals surface area (Å²) in [7, 11) is 0. The number of benzene rings is 2. The summed E-state index contributed by atoms with van der Waals surface area (Å²) in [5, 5.41) is 3.05. The highest BCUT2D eigenvalue weighted by molar-refractivity contribution is 9.10. The Labute approximate surface area is 133 Å². The highest BCUT2D eigenvalue weighted by atomic mass is 79.9. The second kappa shape index (κ2) is 5.64. The van der Waals surface area contributed by atoms with Crippen LogP contribution in [0.15, 0.2) is 42.5 Å². The van der Waals surface area contributed by atoms with E-state index in [2.05, 4.69) is 70.6 Å². The van der Waals surface area contributed by atoms with Crippen LogP contribution in [0, 0.1) is 13.8 Å². The van der Waals surface area contributed by atoms with Crippen molar-refractivity contribution in [2.75, 3.05) is 5.32 Å². The molecule has 1 heterocycles. The maximum Gasteiger partial charge on any atom is 0.238 e. The Kier molecular flexibility index (Phi) is 3.85. The molecule has 1 amide bonds. The molecule has 2 aromatic rings. The Hall–Kier alpha value is -1.61. The van der Waals surface area contributed by atoms with Gasteiger partial charge in [-0.05, 0) is 48.6 Å². The topological polar surface area (TPSA) is 29.1 Å². The lowest BCUT2D eigenvalue weighted by Gasteiger charge is -2.20. The van der Waals surface area contributed by atoms with E-state index in [9.17, 15) is 4.79 Å². The Morgan fingerprint density at radius 3 is 2.62 bits per heavy atom. The average molecular weight is 344 g/mol. The summed E-state index contributed by atoms with van der Waals surface area (Å²) in [5.74, 6) is 0.267. The second-order valence-electron chi connectivity index (χ2n) is 5.69. The highest BCUT2D eigenvalue weighted by Gasteiger charge is 2.29. The van der Waals surface area contributed by atoms with Crippen LogP contribution in [0.3, 0.4) is 0 Å². The van der Waals surface area contributed by atoms with Crippen molar-refractivity contribution in [2.24, 2.45) is 0 Å². The molecule has 0 fully saturated rings. The molecule has 3 rings (SSSR count). The first-order chi connectivity index (χ1) is 10.1. The smallest absolute Gasteiger partial charge is 0.238 e. The Balaban J connectivity index is 2.16. The van der Waals surface area contributed by atoms with E-state index in [1.165, 1.54) is 16.7 Å². The molecule has 2 nitrogen and oxygen atoms in total. The number of anilines is 1. The number of fused-ring (bicyclic) bond motifs is 1. The van der Waals surface area contributed by atoms with Crippen LogP contribution in [0.25, 0.3) is 0 Å². The molecule has 3 heteroatoms. The zero-order valence-corrected chi connectivity index (χ0v) is 13.8. The molecule has 0 bridgehead atoms. The molecule has 0 saturated heterocycles. The second-order valence-corrected chi connectivity index (χ2v) is 6.80. The van der Waals surface area contributed by atoms with Crippen molar-refractivity contribution in [3.8, 4) is 0 Å². The molecule has 1 N–H and O–H groups in total. The number of alkyl halides is 1. The van der Waals surface area contributed by atoms with Gasteiger partial charge in [0.2, 0.25) is 5.91 Å². The number of halogens is 1. The minimum absolute atomic E-state index is 0.0398. The minimum Gasteiger partial charge on any atom is -0.325 e. The van der Waals surface area contributed by atoms with Crippen molar-refractivity contribution in [1.82, 2.24) is 0 Å². The molecule has 1 aliphatic rings. The van der Waals surface area contributed by atoms with Crippen LogP contribution in [0.2, 0.25) is 0 Å². The normalized spacial score (nSPS) is 21.4. The van der Waals surface area contributed by atoms with E-state index in [1.807, 2.05) is 6.92 Å². The lowest BCUT2D eigenvalue weighted by molar-refractivity contribution is -0.115. The van der Waals surface area contributed by atoms with Crippen molar-refractivity contribution in [3.63, 3.8) is 0 Å². The van der Waals surface area contributed by atoms with E-state index in [1.54, 1.807) is 0 Å². The predicted molar refractivity (Wildman–Crippen MR) is 90.2 cm³/mol. The molecule has 2 aromatic carbocycles. The summed E-state index contributed by atoms with van der Waals surface area (Å²) >= 11 is 3.53. The van der Waals surface area contributed by atoms with Crippen LogP contribution < -0.4 is 5.32 Å². The van der Waals surface area contributed by atoms with Gasteiger partial charge < -0.3 is 5.32 Å². The largest absolute Gasteiger partial charge is 0.325 e. The maximum absolute atomic E-state index is 12.2. The fourth-order valence-corrected chi connectivity index (χ4v) is 3.49. The molecular weight excluding hydrogens is 326 g/mol. The lowest BCUT2D eigenvalue weighted by Crippen LogP contribution is -2.21. The fraction of sp³-hybridized carbons (Fsp3) is 0.278. The molecule has 0 saturated carbocycles. The van der Waals surface area contributed by atoms with Gasteiger partial charge in [0.15, 0.2) is 0 Å². The third-order valence-corrected chi connectivity index (χ3v) is 4.92. The summed E-state index contributed by atoms with van der Waals surface area (Å²) in [5.41, 5.74) is 5.86. The van der Waals surface area contributed by atoms with Crippen molar-refractivity contribution in [1.29, 1.82) is 0 Å². The van der Waals surface area contributed by atoms with E-state index in [0.717, 1.165) is 17.7 Å². The number of hydrogen-bond donors (Lipinski definition) is 1. The molecular formula is C18H18BrNO. The number of rotatable bonds is 1. The average Bonchev–Trinajstić information content (AvgIpc) is 2.57. The van der Waals surface area contributed by atoms with Crippen molar-refractivity contribution in [3.05, 3.63) is 64.7 Å². The molecule has 0 aromatic heterocycles. The van der Waals surface area contributed by atoms with Gasteiger partial charge in [-0.1, -0.05) is 52.3 Å².